The molecule has 0 aliphatic rings. The van der Waals surface area contributed by atoms with Crippen molar-refractivity contribution in [3.63, 3.8) is 0 Å². The first-order valence-corrected chi connectivity index (χ1v) is 7.89. The average molecular weight is 310 g/mol. The molecule has 0 saturated heterocycles. The lowest BCUT2D eigenvalue weighted by molar-refractivity contribution is 0.587. The minimum Gasteiger partial charge on any atom is -0.310 e. The van der Waals surface area contributed by atoms with Crippen molar-refractivity contribution in [1.82, 2.24) is 10.3 Å². The summed E-state index contributed by atoms with van der Waals surface area (Å²) < 4.78 is 27.8. The van der Waals surface area contributed by atoms with Gasteiger partial charge in [0.25, 0.3) is 0 Å². The van der Waals surface area contributed by atoms with Gasteiger partial charge in [-0.25, -0.2) is 13.8 Å². The number of hydrogen-bond acceptors (Lipinski definition) is 3. The summed E-state index contributed by atoms with van der Waals surface area (Å²) in [5, 5.41) is 3.75. The molecule has 0 bridgehead atoms. The molecule has 21 heavy (non-hydrogen) atoms. The van der Waals surface area contributed by atoms with Crippen LogP contribution in [0.15, 0.2) is 18.2 Å². The summed E-state index contributed by atoms with van der Waals surface area (Å²) in [7, 11) is 0. The van der Waals surface area contributed by atoms with Crippen LogP contribution in [0.2, 0.25) is 0 Å². The second kappa shape index (κ2) is 6.62. The summed E-state index contributed by atoms with van der Waals surface area (Å²) in [4.78, 5) is 5.52. The van der Waals surface area contributed by atoms with E-state index in [2.05, 4.69) is 24.1 Å². The quantitative estimate of drug-likeness (QED) is 0.865. The molecule has 2 nitrogen and oxygen atoms in total. The highest BCUT2D eigenvalue weighted by Gasteiger charge is 2.20. The molecule has 0 fully saturated rings. The van der Waals surface area contributed by atoms with Crippen molar-refractivity contribution in [3.8, 4) is 10.6 Å². The zero-order chi connectivity index (χ0) is 15.6. The van der Waals surface area contributed by atoms with Gasteiger partial charge in [-0.2, -0.15) is 0 Å². The molecular weight excluding hydrogens is 290 g/mol. The monoisotopic (exact) mass is 310 g/mol. The first kappa shape index (κ1) is 16.0. The van der Waals surface area contributed by atoms with Gasteiger partial charge >= 0.3 is 0 Å². The Morgan fingerprint density at radius 1 is 1.14 bits per heavy atom. The molecule has 0 amide bonds. The molecule has 0 aliphatic heterocycles. The van der Waals surface area contributed by atoms with Gasteiger partial charge in [0.1, 0.15) is 16.6 Å². The highest BCUT2D eigenvalue weighted by Crippen LogP contribution is 2.34. The summed E-state index contributed by atoms with van der Waals surface area (Å²) in [5.74, 6) is -0.918. The van der Waals surface area contributed by atoms with Gasteiger partial charge in [0.05, 0.1) is 11.3 Å². The summed E-state index contributed by atoms with van der Waals surface area (Å²) in [6, 6.07) is 4.24. The van der Waals surface area contributed by atoms with E-state index in [0.29, 0.717) is 17.6 Å². The normalized spacial score (nSPS) is 11.6. The number of hydrogen-bond donors (Lipinski definition) is 1. The maximum Gasteiger partial charge on any atom is 0.136 e. The summed E-state index contributed by atoms with van der Waals surface area (Å²) in [5.41, 5.74) is 0.881. The molecule has 1 heterocycles. The van der Waals surface area contributed by atoms with Gasteiger partial charge in [-0.1, -0.05) is 33.8 Å². The lowest BCUT2D eigenvalue weighted by Crippen LogP contribution is -2.22. The van der Waals surface area contributed by atoms with Crippen LogP contribution in [0.3, 0.4) is 0 Å². The van der Waals surface area contributed by atoms with Crippen LogP contribution in [-0.4, -0.2) is 11.0 Å². The largest absolute Gasteiger partial charge is 0.310 e. The van der Waals surface area contributed by atoms with E-state index in [4.69, 9.17) is 0 Å². The third-order valence-electron chi connectivity index (χ3n) is 3.12. The first-order valence-electron chi connectivity index (χ1n) is 7.07. The smallest absolute Gasteiger partial charge is 0.136 e. The Hall–Kier alpha value is -1.33. The summed E-state index contributed by atoms with van der Waals surface area (Å²) in [6.07, 6.45) is 0. The van der Waals surface area contributed by atoms with Crippen LogP contribution in [0.5, 0.6) is 0 Å². The molecular formula is C16H20F2N2S. The van der Waals surface area contributed by atoms with Crippen LogP contribution in [0, 0.1) is 11.6 Å². The molecule has 1 aromatic carbocycles. The Morgan fingerprint density at radius 3 is 2.29 bits per heavy atom. The third-order valence-corrected chi connectivity index (χ3v) is 4.21. The SMILES string of the molecule is CC(C)NCc1sc(-c2c(F)cccc2F)nc1C(C)C. The second-order valence-electron chi connectivity index (χ2n) is 5.61. The van der Waals surface area contributed by atoms with Crippen LogP contribution < -0.4 is 5.32 Å². The Balaban J connectivity index is 2.44. The van der Waals surface area contributed by atoms with Crippen molar-refractivity contribution in [2.45, 2.75) is 46.2 Å². The number of thiazole rings is 1. The molecule has 1 N–H and O–H groups in total. The number of nitrogens with one attached hydrogen (secondary N) is 1. The van der Waals surface area contributed by atoms with E-state index < -0.39 is 11.6 Å². The number of rotatable bonds is 5. The van der Waals surface area contributed by atoms with Crippen LogP contribution in [-0.2, 0) is 6.54 Å². The lowest BCUT2D eigenvalue weighted by Gasteiger charge is -2.09. The molecule has 1 aromatic heterocycles. The predicted octanol–water partition coefficient (Wildman–Crippen LogP) is 4.71. The minimum atomic E-state index is -0.567. The van der Waals surface area contributed by atoms with Gasteiger partial charge in [-0.15, -0.1) is 11.3 Å². The van der Waals surface area contributed by atoms with Crippen LogP contribution in [0.1, 0.15) is 44.2 Å². The molecule has 2 aromatic rings. The van der Waals surface area contributed by atoms with Crippen molar-refractivity contribution in [3.05, 3.63) is 40.4 Å². The molecule has 0 radical (unpaired) electrons. The molecule has 0 aliphatic carbocycles. The van der Waals surface area contributed by atoms with E-state index in [1.807, 2.05) is 13.8 Å². The summed E-state index contributed by atoms with van der Waals surface area (Å²) in [6.45, 7) is 8.87. The second-order valence-corrected chi connectivity index (χ2v) is 6.70. The molecule has 0 unspecified atom stereocenters. The Labute approximate surface area is 128 Å². The van der Waals surface area contributed by atoms with Gasteiger partial charge in [-0.3, -0.25) is 0 Å². The topological polar surface area (TPSA) is 24.9 Å². The highest BCUT2D eigenvalue weighted by molar-refractivity contribution is 7.15. The predicted molar refractivity (Wildman–Crippen MR) is 83.5 cm³/mol. The first-order chi connectivity index (χ1) is 9.90. The molecule has 0 spiro atoms. The molecule has 2 rings (SSSR count). The molecule has 5 heteroatoms. The van der Waals surface area contributed by atoms with E-state index in [1.54, 1.807) is 0 Å². The fourth-order valence-electron chi connectivity index (χ4n) is 2.05. The number of benzene rings is 1. The van der Waals surface area contributed by atoms with Crippen LogP contribution in [0.4, 0.5) is 8.78 Å². The van der Waals surface area contributed by atoms with Crippen molar-refractivity contribution in [2.24, 2.45) is 0 Å². The Bertz CT molecular complexity index is 600. The fourth-order valence-corrected chi connectivity index (χ4v) is 3.26. The number of nitrogens with zero attached hydrogens (tertiary/aromatic N) is 1. The fraction of sp³-hybridized carbons (Fsp3) is 0.438. The van der Waals surface area contributed by atoms with Crippen LogP contribution in [0.25, 0.3) is 10.6 Å². The van der Waals surface area contributed by atoms with Crippen molar-refractivity contribution < 1.29 is 8.78 Å². The molecule has 0 saturated carbocycles. The number of aromatic nitrogens is 1. The average Bonchev–Trinajstić information content (AvgIpc) is 2.80. The maximum absolute atomic E-state index is 13.9. The zero-order valence-electron chi connectivity index (χ0n) is 12.7. The van der Waals surface area contributed by atoms with Crippen molar-refractivity contribution in [1.29, 1.82) is 0 Å². The molecule has 114 valence electrons. The van der Waals surface area contributed by atoms with E-state index in [-0.39, 0.29) is 11.5 Å². The van der Waals surface area contributed by atoms with E-state index >= 15 is 0 Å². The standard InChI is InChI=1S/C16H20F2N2S/c1-9(2)15-13(8-19-10(3)4)21-16(20-15)14-11(17)6-5-7-12(14)18/h5-7,9-10,19H,8H2,1-4H3. The molecule has 0 atom stereocenters. The van der Waals surface area contributed by atoms with Crippen molar-refractivity contribution in [2.75, 3.05) is 0 Å². The van der Waals surface area contributed by atoms with Crippen molar-refractivity contribution >= 4 is 11.3 Å². The zero-order valence-corrected chi connectivity index (χ0v) is 13.5. The number of halogens is 2. The van der Waals surface area contributed by atoms with Gasteiger partial charge in [0, 0.05) is 17.5 Å². The van der Waals surface area contributed by atoms with Gasteiger partial charge in [0.15, 0.2) is 0 Å². The van der Waals surface area contributed by atoms with Crippen LogP contribution >= 0.6 is 11.3 Å². The van der Waals surface area contributed by atoms with Gasteiger partial charge in [-0.05, 0) is 18.1 Å². The van der Waals surface area contributed by atoms with E-state index in [1.165, 1.54) is 29.5 Å². The summed E-state index contributed by atoms with van der Waals surface area (Å²) >= 11 is 1.36. The Kier molecular flexibility index (Phi) is 5.06. The maximum atomic E-state index is 13.9. The third kappa shape index (κ3) is 3.66. The highest BCUT2D eigenvalue weighted by atomic mass is 32.1. The Morgan fingerprint density at radius 2 is 1.76 bits per heavy atom. The van der Waals surface area contributed by atoms with E-state index in [0.717, 1.165) is 10.6 Å². The lowest BCUT2D eigenvalue weighted by atomic mass is 10.1. The van der Waals surface area contributed by atoms with Gasteiger partial charge in [0.2, 0.25) is 0 Å². The van der Waals surface area contributed by atoms with E-state index in [9.17, 15) is 8.78 Å². The minimum absolute atomic E-state index is 0.0276. The van der Waals surface area contributed by atoms with Gasteiger partial charge < -0.3 is 5.32 Å².